The Bertz CT molecular complexity index is 734. The molecule has 2 heterocycles. The molecule has 0 radical (unpaired) electrons. The fourth-order valence-electron chi connectivity index (χ4n) is 2.28. The molecule has 0 spiro atoms. The number of H-pyrrole nitrogens is 1. The van der Waals surface area contributed by atoms with Gasteiger partial charge in [0.2, 0.25) is 5.95 Å². The molecule has 0 amide bonds. The smallest absolute Gasteiger partial charge is 0.223 e. The van der Waals surface area contributed by atoms with Gasteiger partial charge in [-0.2, -0.15) is 0 Å². The minimum absolute atomic E-state index is 0.0129. The SMILES string of the molecule is Cc1nc(NC(C)c2nc3ccccc3[nH]2)nc(C)c1C. The van der Waals surface area contributed by atoms with Crippen LogP contribution in [-0.2, 0) is 0 Å². The van der Waals surface area contributed by atoms with Gasteiger partial charge >= 0.3 is 0 Å². The maximum Gasteiger partial charge on any atom is 0.223 e. The number of benzene rings is 1. The van der Waals surface area contributed by atoms with Crippen LogP contribution in [0.4, 0.5) is 5.95 Å². The van der Waals surface area contributed by atoms with Gasteiger partial charge in [0.15, 0.2) is 0 Å². The largest absolute Gasteiger partial charge is 0.345 e. The minimum atomic E-state index is 0.0129. The number of aromatic amines is 1. The number of anilines is 1. The van der Waals surface area contributed by atoms with Crippen LogP contribution in [0.3, 0.4) is 0 Å². The zero-order valence-corrected chi connectivity index (χ0v) is 12.7. The van der Waals surface area contributed by atoms with Crippen molar-refractivity contribution in [2.45, 2.75) is 33.7 Å². The van der Waals surface area contributed by atoms with Crippen molar-refractivity contribution < 1.29 is 0 Å². The summed E-state index contributed by atoms with van der Waals surface area (Å²) in [5.41, 5.74) is 5.15. The average Bonchev–Trinajstić information content (AvgIpc) is 2.88. The molecule has 108 valence electrons. The molecule has 0 aliphatic rings. The highest BCUT2D eigenvalue weighted by molar-refractivity contribution is 5.74. The van der Waals surface area contributed by atoms with E-state index in [1.807, 2.05) is 52.0 Å². The van der Waals surface area contributed by atoms with E-state index in [4.69, 9.17) is 0 Å². The maximum atomic E-state index is 4.60. The van der Waals surface area contributed by atoms with Crippen LogP contribution in [0.15, 0.2) is 24.3 Å². The zero-order valence-electron chi connectivity index (χ0n) is 12.7. The van der Waals surface area contributed by atoms with E-state index in [1.54, 1.807) is 0 Å². The van der Waals surface area contributed by atoms with Gasteiger partial charge in [0.05, 0.1) is 17.1 Å². The summed E-state index contributed by atoms with van der Waals surface area (Å²) in [5, 5.41) is 3.31. The molecule has 3 aromatic rings. The van der Waals surface area contributed by atoms with E-state index < -0.39 is 0 Å². The molecule has 2 aromatic heterocycles. The first-order valence-corrected chi connectivity index (χ1v) is 7.07. The van der Waals surface area contributed by atoms with Gasteiger partial charge in [-0.25, -0.2) is 15.0 Å². The Kier molecular flexibility index (Phi) is 3.33. The molecule has 3 rings (SSSR count). The fourth-order valence-corrected chi connectivity index (χ4v) is 2.28. The van der Waals surface area contributed by atoms with Gasteiger partial charge in [-0.1, -0.05) is 12.1 Å². The lowest BCUT2D eigenvalue weighted by Crippen LogP contribution is -2.12. The summed E-state index contributed by atoms with van der Waals surface area (Å²) in [5.74, 6) is 1.53. The van der Waals surface area contributed by atoms with Gasteiger partial charge < -0.3 is 10.3 Å². The minimum Gasteiger partial charge on any atom is -0.345 e. The second-order valence-electron chi connectivity index (χ2n) is 5.35. The number of imidazole rings is 1. The van der Waals surface area contributed by atoms with Gasteiger partial charge in [0.1, 0.15) is 5.82 Å². The maximum absolute atomic E-state index is 4.60. The molecule has 0 saturated heterocycles. The van der Waals surface area contributed by atoms with Crippen molar-refractivity contribution in [1.82, 2.24) is 19.9 Å². The molecule has 5 nitrogen and oxygen atoms in total. The molecule has 21 heavy (non-hydrogen) atoms. The van der Waals surface area contributed by atoms with Gasteiger partial charge in [0, 0.05) is 11.4 Å². The van der Waals surface area contributed by atoms with E-state index >= 15 is 0 Å². The molecule has 1 unspecified atom stereocenters. The van der Waals surface area contributed by atoms with Crippen LogP contribution in [-0.4, -0.2) is 19.9 Å². The Morgan fingerprint density at radius 1 is 1.00 bits per heavy atom. The second-order valence-corrected chi connectivity index (χ2v) is 5.35. The first-order valence-electron chi connectivity index (χ1n) is 7.07. The van der Waals surface area contributed by atoms with Crippen molar-refractivity contribution in [2.24, 2.45) is 0 Å². The molecule has 0 aliphatic heterocycles. The van der Waals surface area contributed by atoms with Crippen molar-refractivity contribution in [1.29, 1.82) is 0 Å². The Morgan fingerprint density at radius 2 is 1.67 bits per heavy atom. The van der Waals surface area contributed by atoms with E-state index in [1.165, 1.54) is 0 Å². The van der Waals surface area contributed by atoms with Crippen molar-refractivity contribution >= 4 is 17.0 Å². The number of para-hydroxylation sites is 2. The molecule has 0 saturated carbocycles. The van der Waals surface area contributed by atoms with Gasteiger partial charge in [0.25, 0.3) is 0 Å². The van der Waals surface area contributed by atoms with Crippen molar-refractivity contribution in [3.8, 4) is 0 Å². The number of rotatable bonds is 3. The van der Waals surface area contributed by atoms with Crippen LogP contribution in [0.5, 0.6) is 0 Å². The summed E-state index contributed by atoms with van der Waals surface area (Å²) in [6.07, 6.45) is 0. The Balaban J connectivity index is 1.87. The molecular weight excluding hydrogens is 262 g/mol. The molecule has 0 bridgehead atoms. The summed E-state index contributed by atoms with van der Waals surface area (Å²) < 4.78 is 0. The normalized spacial score (nSPS) is 12.6. The number of fused-ring (bicyclic) bond motifs is 1. The van der Waals surface area contributed by atoms with Crippen LogP contribution in [0.1, 0.15) is 35.7 Å². The van der Waals surface area contributed by atoms with Crippen molar-refractivity contribution in [3.63, 3.8) is 0 Å². The van der Waals surface area contributed by atoms with Gasteiger partial charge in [-0.05, 0) is 45.4 Å². The number of hydrogen-bond acceptors (Lipinski definition) is 4. The Morgan fingerprint density at radius 3 is 2.33 bits per heavy atom. The number of aromatic nitrogens is 4. The van der Waals surface area contributed by atoms with E-state index in [0.29, 0.717) is 5.95 Å². The van der Waals surface area contributed by atoms with Crippen LogP contribution >= 0.6 is 0 Å². The third-order valence-corrected chi connectivity index (χ3v) is 3.80. The van der Waals surface area contributed by atoms with E-state index in [-0.39, 0.29) is 6.04 Å². The lowest BCUT2D eigenvalue weighted by molar-refractivity contribution is 0.794. The summed E-state index contributed by atoms with van der Waals surface area (Å²) in [6.45, 7) is 8.09. The molecular formula is C16H19N5. The number of nitrogens with zero attached hydrogens (tertiary/aromatic N) is 3. The van der Waals surface area contributed by atoms with E-state index in [9.17, 15) is 0 Å². The van der Waals surface area contributed by atoms with Crippen LogP contribution in [0.25, 0.3) is 11.0 Å². The highest BCUT2D eigenvalue weighted by Crippen LogP contribution is 2.19. The van der Waals surface area contributed by atoms with Gasteiger partial charge in [-0.3, -0.25) is 0 Å². The predicted molar refractivity (Wildman–Crippen MR) is 84.4 cm³/mol. The predicted octanol–water partition coefficient (Wildman–Crippen LogP) is 3.45. The monoisotopic (exact) mass is 281 g/mol. The first kappa shape index (κ1) is 13.5. The van der Waals surface area contributed by atoms with Gasteiger partial charge in [-0.15, -0.1) is 0 Å². The molecule has 1 aromatic carbocycles. The average molecular weight is 281 g/mol. The third kappa shape index (κ3) is 2.59. The molecule has 2 N–H and O–H groups in total. The standard InChI is InChI=1S/C16H19N5/c1-9-10(2)17-16(18-11(9)3)19-12(4)15-20-13-7-5-6-8-14(13)21-15/h5-8,12H,1-4H3,(H,20,21)(H,17,18,19). The van der Waals surface area contributed by atoms with E-state index in [0.717, 1.165) is 33.8 Å². The first-order chi connectivity index (χ1) is 10.0. The topological polar surface area (TPSA) is 66.5 Å². The lowest BCUT2D eigenvalue weighted by Gasteiger charge is -2.13. The summed E-state index contributed by atoms with van der Waals surface area (Å²) in [6, 6.07) is 8.02. The molecule has 1 atom stereocenters. The Hall–Kier alpha value is -2.43. The third-order valence-electron chi connectivity index (χ3n) is 3.80. The fraction of sp³-hybridized carbons (Fsp3) is 0.312. The Labute approximate surface area is 123 Å². The van der Waals surface area contributed by atoms with Crippen molar-refractivity contribution in [2.75, 3.05) is 5.32 Å². The van der Waals surface area contributed by atoms with Crippen LogP contribution in [0, 0.1) is 20.8 Å². The van der Waals surface area contributed by atoms with E-state index in [2.05, 4.69) is 25.3 Å². The van der Waals surface area contributed by atoms with Crippen molar-refractivity contribution in [3.05, 3.63) is 47.0 Å². The highest BCUT2D eigenvalue weighted by Gasteiger charge is 2.13. The zero-order chi connectivity index (χ0) is 15.0. The molecule has 5 heteroatoms. The lowest BCUT2D eigenvalue weighted by atomic mass is 10.2. The summed E-state index contributed by atoms with van der Waals surface area (Å²) in [7, 11) is 0. The number of nitrogens with one attached hydrogen (secondary N) is 2. The second kappa shape index (κ2) is 5.16. The number of hydrogen-bond donors (Lipinski definition) is 2. The van der Waals surface area contributed by atoms with Crippen LogP contribution in [0.2, 0.25) is 0 Å². The summed E-state index contributed by atoms with van der Waals surface area (Å²) in [4.78, 5) is 16.9. The molecule has 0 aliphatic carbocycles. The quantitative estimate of drug-likeness (QED) is 0.771. The highest BCUT2D eigenvalue weighted by atomic mass is 15.1. The molecule has 0 fully saturated rings. The number of aryl methyl sites for hydroxylation is 2. The summed E-state index contributed by atoms with van der Waals surface area (Å²) >= 11 is 0. The van der Waals surface area contributed by atoms with Crippen LogP contribution < -0.4 is 5.32 Å².